The topological polar surface area (TPSA) is 43.8 Å². The van der Waals surface area contributed by atoms with Crippen molar-refractivity contribution in [3.8, 4) is 11.3 Å². The molecule has 0 aliphatic carbocycles. The van der Waals surface area contributed by atoms with E-state index >= 15 is 0 Å². The summed E-state index contributed by atoms with van der Waals surface area (Å²) in [6.07, 6.45) is 0.816. The van der Waals surface area contributed by atoms with Crippen LogP contribution in [0.15, 0.2) is 22.7 Å². The summed E-state index contributed by atoms with van der Waals surface area (Å²) in [6.45, 7) is 4.85. The number of hydrogen-bond donors (Lipinski definition) is 1. The lowest BCUT2D eigenvalue weighted by molar-refractivity contribution is 0.627. The number of benzene rings is 1. The summed E-state index contributed by atoms with van der Waals surface area (Å²) in [5.41, 5.74) is 7.64. The molecule has 0 fully saturated rings. The van der Waals surface area contributed by atoms with Crippen LogP contribution in [-0.2, 0) is 13.0 Å². The summed E-state index contributed by atoms with van der Waals surface area (Å²) in [5, 5.41) is 0. The molecule has 0 amide bonds. The van der Waals surface area contributed by atoms with Gasteiger partial charge in [-0.3, -0.25) is 0 Å². The van der Waals surface area contributed by atoms with Gasteiger partial charge in [-0.05, 0) is 41.1 Å². The number of imidazole rings is 1. The van der Waals surface area contributed by atoms with Crippen molar-refractivity contribution < 1.29 is 4.39 Å². The highest BCUT2D eigenvalue weighted by Crippen LogP contribution is 2.32. The fourth-order valence-corrected chi connectivity index (χ4v) is 2.55. The molecular formula is C13H15BrFN3. The number of nitrogens with zero attached hydrogens (tertiary/aromatic N) is 2. The Kier molecular flexibility index (Phi) is 3.71. The number of nitrogen functional groups attached to an aromatic ring is 1. The van der Waals surface area contributed by atoms with E-state index in [0.717, 1.165) is 24.4 Å². The minimum absolute atomic E-state index is 0.283. The van der Waals surface area contributed by atoms with Crippen molar-refractivity contribution in [3.63, 3.8) is 0 Å². The molecule has 0 unspecified atom stereocenters. The van der Waals surface area contributed by atoms with Crippen LogP contribution in [0.5, 0.6) is 0 Å². The summed E-state index contributed by atoms with van der Waals surface area (Å²) in [7, 11) is 0. The second-order valence-electron chi connectivity index (χ2n) is 3.98. The van der Waals surface area contributed by atoms with Gasteiger partial charge in [0.2, 0.25) is 0 Å². The van der Waals surface area contributed by atoms with E-state index in [1.165, 1.54) is 12.1 Å². The van der Waals surface area contributed by atoms with Crippen molar-refractivity contribution in [1.29, 1.82) is 0 Å². The Bertz CT molecular complexity index is 578. The van der Waals surface area contributed by atoms with Crippen molar-refractivity contribution in [2.75, 3.05) is 5.73 Å². The monoisotopic (exact) mass is 311 g/mol. The molecule has 3 nitrogen and oxygen atoms in total. The summed E-state index contributed by atoms with van der Waals surface area (Å²) >= 11 is 3.35. The maximum atomic E-state index is 13.1. The fourth-order valence-electron chi connectivity index (χ4n) is 2.02. The van der Waals surface area contributed by atoms with Crippen LogP contribution in [0.4, 0.5) is 10.2 Å². The van der Waals surface area contributed by atoms with E-state index in [9.17, 15) is 4.39 Å². The first-order chi connectivity index (χ1) is 8.58. The van der Waals surface area contributed by atoms with E-state index in [2.05, 4.69) is 20.9 Å². The van der Waals surface area contributed by atoms with Gasteiger partial charge in [0.05, 0.1) is 0 Å². The van der Waals surface area contributed by atoms with Gasteiger partial charge in [-0.25, -0.2) is 9.37 Å². The third-order valence-electron chi connectivity index (χ3n) is 2.90. The second-order valence-corrected chi connectivity index (χ2v) is 4.84. The normalized spacial score (nSPS) is 10.9. The molecule has 5 heteroatoms. The Hall–Kier alpha value is -1.36. The zero-order chi connectivity index (χ0) is 13.3. The Morgan fingerprint density at radius 2 is 2.11 bits per heavy atom. The minimum atomic E-state index is -0.283. The average Bonchev–Trinajstić information content (AvgIpc) is 2.66. The molecule has 1 aromatic heterocycles. The number of rotatable bonds is 3. The van der Waals surface area contributed by atoms with Gasteiger partial charge in [0.15, 0.2) is 0 Å². The molecule has 0 saturated carbocycles. The van der Waals surface area contributed by atoms with Crippen LogP contribution in [0.3, 0.4) is 0 Å². The highest BCUT2D eigenvalue weighted by molar-refractivity contribution is 9.10. The van der Waals surface area contributed by atoms with Crippen molar-refractivity contribution >= 4 is 21.7 Å². The summed E-state index contributed by atoms with van der Waals surface area (Å²) in [6, 6.07) is 4.53. The number of aryl methyl sites for hydroxylation is 1. The zero-order valence-corrected chi connectivity index (χ0v) is 12.0. The molecular weight excluding hydrogens is 297 g/mol. The molecule has 0 aliphatic heterocycles. The quantitative estimate of drug-likeness (QED) is 0.941. The lowest BCUT2D eigenvalue weighted by atomic mass is 10.1. The third kappa shape index (κ3) is 2.14. The lowest BCUT2D eigenvalue weighted by Crippen LogP contribution is -2.04. The summed E-state index contributed by atoms with van der Waals surface area (Å²) in [5.74, 6) is 1.29. The number of anilines is 1. The molecule has 2 aromatic rings. The van der Waals surface area contributed by atoms with Crippen LogP contribution in [0.25, 0.3) is 11.3 Å². The van der Waals surface area contributed by atoms with E-state index in [-0.39, 0.29) is 5.82 Å². The zero-order valence-electron chi connectivity index (χ0n) is 10.4. The van der Waals surface area contributed by atoms with Gasteiger partial charge in [0.1, 0.15) is 23.2 Å². The Morgan fingerprint density at radius 3 is 2.61 bits per heavy atom. The average molecular weight is 312 g/mol. The predicted molar refractivity (Wildman–Crippen MR) is 74.8 cm³/mol. The smallest absolute Gasteiger partial charge is 0.131 e. The number of aromatic nitrogens is 2. The Morgan fingerprint density at radius 1 is 1.39 bits per heavy atom. The van der Waals surface area contributed by atoms with Crippen molar-refractivity contribution in [1.82, 2.24) is 9.55 Å². The summed E-state index contributed by atoms with van der Waals surface area (Å²) < 4.78 is 15.7. The van der Waals surface area contributed by atoms with Crippen LogP contribution in [-0.4, -0.2) is 9.55 Å². The molecule has 0 saturated heterocycles. The number of halogens is 2. The first-order valence-electron chi connectivity index (χ1n) is 5.88. The van der Waals surface area contributed by atoms with Crippen LogP contribution < -0.4 is 5.73 Å². The maximum absolute atomic E-state index is 13.1. The van der Waals surface area contributed by atoms with Gasteiger partial charge in [-0.2, -0.15) is 0 Å². The van der Waals surface area contributed by atoms with Gasteiger partial charge in [0.25, 0.3) is 0 Å². The molecule has 0 spiro atoms. The Balaban J connectivity index is 2.60. The molecule has 18 heavy (non-hydrogen) atoms. The molecule has 0 bridgehead atoms. The maximum Gasteiger partial charge on any atom is 0.131 e. The van der Waals surface area contributed by atoms with E-state index in [1.54, 1.807) is 6.07 Å². The molecule has 2 rings (SSSR count). The van der Waals surface area contributed by atoms with E-state index in [4.69, 9.17) is 5.73 Å². The van der Waals surface area contributed by atoms with Gasteiger partial charge in [-0.1, -0.05) is 6.92 Å². The SMILES string of the molecule is CCc1nc(-c2ccc(F)cc2Br)c(N)n1CC. The van der Waals surface area contributed by atoms with E-state index in [0.29, 0.717) is 16.0 Å². The van der Waals surface area contributed by atoms with Gasteiger partial charge in [0, 0.05) is 23.0 Å². The molecule has 1 aromatic carbocycles. The van der Waals surface area contributed by atoms with Crippen LogP contribution >= 0.6 is 15.9 Å². The molecule has 2 N–H and O–H groups in total. The first-order valence-corrected chi connectivity index (χ1v) is 6.68. The van der Waals surface area contributed by atoms with Crippen molar-refractivity contribution in [2.45, 2.75) is 26.8 Å². The Labute approximate surface area is 114 Å². The third-order valence-corrected chi connectivity index (χ3v) is 3.56. The molecule has 0 radical (unpaired) electrons. The van der Waals surface area contributed by atoms with Crippen molar-refractivity contribution in [3.05, 3.63) is 34.3 Å². The molecule has 96 valence electrons. The van der Waals surface area contributed by atoms with E-state index in [1.807, 2.05) is 18.4 Å². The van der Waals surface area contributed by atoms with Gasteiger partial charge < -0.3 is 10.3 Å². The number of nitrogens with two attached hydrogens (primary N) is 1. The highest BCUT2D eigenvalue weighted by atomic mass is 79.9. The molecule has 0 atom stereocenters. The second kappa shape index (κ2) is 5.10. The largest absolute Gasteiger partial charge is 0.383 e. The molecule has 0 aliphatic rings. The predicted octanol–water partition coefficient (Wildman–Crippen LogP) is 3.62. The van der Waals surface area contributed by atoms with Crippen LogP contribution in [0.2, 0.25) is 0 Å². The molecule has 1 heterocycles. The van der Waals surface area contributed by atoms with E-state index < -0.39 is 0 Å². The van der Waals surface area contributed by atoms with Gasteiger partial charge >= 0.3 is 0 Å². The van der Waals surface area contributed by atoms with Crippen molar-refractivity contribution in [2.24, 2.45) is 0 Å². The minimum Gasteiger partial charge on any atom is -0.383 e. The highest BCUT2D eigenvalue weighted by Gasteiger charge is 2.16. The lowest BCUT2D eigenvalue weighted by Gasteiger charge is -2.05. The van der Waals surface area contributed by atoms with Crippen LogP contribution in [0.1, 0.15) is 19.7 Å². The number of hydrogen-bond acceptors (Lipinski definition) is 2. The standard InChI is InChI=1S/C13H15BrFN3/c1-3-11-17-12(13(16)18(11)4-2)9-6-5-8(15)7-10(9)14/h5-7H,3-4,16H2,1-2H3. The van der Waals surface area contributed by atoms with Crippen LogP contribution in [0, 0.1) is 5.82 Å². The first kappa shape index (κ1) is 13.1. The van der Waals surface area contributed by atoms with Gasteiger partial charge in [-0.15, -0.1) is 0 Å². The fraction of sp³-hybridized carbons (Fsp3) is 0.308. The summed E-state index contributed by atoms with van der Waals surface area (Å²) in [4.78, 5) is 4.55.